The fourth-order valence-electron chi connectivity index (χ4n) is 3.61. The summed E-state index contributed by atoms with van der Waals surface area (Å²) in [5.74, 6) is -9.29. The number of carboxylic acids is 1. The molecule has 2 aromatic rings. The summed E-state index contributed by atoms with van der Waals surface area (Å²) in [6, 6.07) is 0.488. The number of Topliss-reactive ketones (excluding diaryl/α,β-unsaturated/α-hetero) is 1. The Hall–Kier alpha value is -3.90. The molecule has 2 N–H and O–H groups in total. The van der Waals surface area contributed by atoms with Gasteiger partial charge in [0.25, 0.3) is 5.91 Å². The summed E-state index contributed by atoms with van der Waals surface area (Å²) in [5.41, 5.74) is -0.128. The van der Waals surface area contributed by atoms with E-state index in [9.17, 15) is 32.3 Å². The van der Waals surface area contributed by atoms with Crippen molar-refractivity contribution in [2.45, 2.75) is 32.2 Å². The van der Waals surface area contributed by atoms with Gasteiger partial charge in [-0.2, -0.15) is 4.39 Å². The molecule has 1 aromatic heterocycles. The molecule has 0 bridgehead atoms. The summed E-state index contributed by atoms with van der Waals surface area (Å²) in [7, 11) is 0. The number of nitrogens with one attached hydrogen (secondary N) is 1. The predicted octanol–water partition coefficient (Wildman–Crippen LogP) is 1.86. The molecule has 0 saturated carbocycles. The lowest BCUT2D eigenvalue weighted by atomic mass is 9.95. The van der Waals surface area contributed by atoms with Crippen molar-refractivity contribution in [3.8, 4) is 5.75 Å². The quantitative estimate of drug-likeness (QED) is 0.501. The van der Waals surface area contributed by atoms with E-state index in [0.717, 1.165) is 0 Å². The minimum Gasteiger partial charge on any atom is -0.481 e. The van der Waals surface area contributed by atoms with Gasteiger partial charge in [-0.3, -0.25) is 19.2 Å². The largest absolute Gasteiger partial charge is 0.481 e. The van der Waals surface area contributed by atoms with E-state index in [1.807, 2.05) is 0 Å². The predicted molar refractivity (Wildman–Crippen MR) is 111 cm³/mol. The number of amides is 2. The first-order valence-corrected chi connectivity index (χ1v) is 10.6. The Morgan fingerprint density at radius 1 is 1.23 bits per heavy atom. The zero-order valence-corrected chi connectivity index (χ0v) is 18.6. The van der Waals surface area contributed by atoms with E-state index in [-0.39, 0.29) is 43.1 Å². The van der Waals surface area contributed by atoms with Crippen molar-refractivity contribution in [1.29, 1.82) is 0 Å². The molecule has 188 valence electrons. The third kappa shape index (κ3) is 6.16. The summed E-state index contributed by atoms with van der Waals surface area (Å²) in [6.07, 6.45) is 0.956. The number of hydrogen-bond acceptors (Lipinski definition) is 7. The van der Waals surface area contributed by atoms with Crippen LogP contribution in [0.3, 0.4) is 0 Å². The highest BCUT2D eigenvalue weighted by Crippen LogP contribution is 2.27. The van der Waals surface area contributed by atoms with Crippen LogP contribution in [0.15, 0.2) is 22.9 Å². The smallest absolute Gasteiger partial charge is 0.305 e. The third-order valence-electron chi connectivity index (χ3n) is 5.55. The molecule has 13 heteroatoms. The molecule has 1 saturated heterocycles. The molecule has 2 heterocycles. The highest BCUT2D eigenvalue weighted by atomic mass is 19.2. The number of ether oxygens (including phenoxy) is 1. The number of benzene rings is 1. The fraction of sp³-hybridized carbons (Fsp3) is 0.409. The molecule has 1 aromatic carbocycles. The number of aryl methyl sites for hydroxylation is 1. The number of nitrogens with zero attached hydrogens (tertiary/aromatic N) is 2. The third-order valence-corrected chi connectivity index (χ3v) is 5.55. The van der Waals surface area contributed by atoms with E-state index in [1.165, 1.54) is 24.2 Å². The molecular weight excluding hydrogens is 475 g/mol. The van der Waals surface area contributed by atoms with Crippen LogP contribution in [-0.4, -0.2) is 64.5 Å². The number of rotatable bonds is 9. The minimum atomic E-state index is -1.63. The standard InChI is InChI=1S/C22H22F3N3O7/c1-11-8-13(23)19(25)20(18(11)24)34-10-16(29)15(9-17(30)31)26-21(32)12-2-5-28(6-3-12)22(33)14-4-7-35-27-14/h4,7-8,12,15H,2-3,5-6,9-10H2,1H3,(H,26,32)(H,30,31)/t15-/m0/s1. The topological polar surface area (TPSA) is 139 Å². The second-order valence-corrected chi connectivity index (χ2v) is 8.00. The second-order valence-electron chi connectivity index (χ2n) is 8.00. The van der Waals surface area contributed by atoms with E-state index in [4.69, 9.17) is 9.84 Å². The van der Waals surface area contributed by atoms with Gasteiger partial charge in [-0.05, 0) is 31.4 Å². The Morgan fingerprint density at radius 2 is 1.91 bits per heavy atom. The first kappa shape index (κ1) is 25.7. The summed E-state index contributed by atoms with van der Waals surface area (Å²) >= 11 is 0. The molecule has 0 aliphatic carbocycles. The molecule has 0 spiro atoms. The Labute approximate surface area is 197 Å². The Kier molecular flexibility index (Phi) is 8.10. The lowest BCUT2D eigenvalue weighted by Crippen LogP contribution is -2.49. The number of carboxylic acid groups (broad SMARTS) is 1. The minimum absolute atomic E-state index is 0.126. The van der Waals surface area contributed by atoms with E-state index in [2.05, 4.69) is 15.0 Å². The van der Waals surface area contributed by atoms with Crippen molar-refractivity contribution >= 4 is 23.6 Å². The molecule has 1 atom stereocenters. The number of carbonyl (C=O) groups is 4. The average Bonchev–Trinajstić information content (AvgIpc) is 3.36. The van der Waals surface area contributed by atoms with Gasteiger partial charge in [0.1, 0.15) is 18.9 Å². The number of ketones is 1. The van der Waals surface area contributed by atoms with Gasteiger partial charge in [0.15, 0.2) is 28.9 Å². The number of piperidine rings is 1. The molecule has 1 aliphatic heterocycles. The van der Waals surface area contributed by atoms with Gasteiger partial charge >= 0.3 is 5.97 Å². The molecule has 2 amide bonds. The van der Waals surface area contributed by atoms with Gasteiger partial charge in [-0.15, -0.1) is 0 Å². The van der Waals surface area contributed by atoms with E-state index in [0.29, 0.717) is 6.07 Å². The van der Waals surface area contributed by atoms with Gasteiger partial charge in [-0.25, -0.2) is 8.78 Å². The second kappa shape index (κ2) is 11.0. The number of hydrogen-bond donors (Lipinski definition) is 2. The zero-order chi connectivity index (χ0) is 25.7. The van der Waals surface area contributed by atoms with E-state index < -0.39 is 65.8 Å². The first-order chi connectivity index (χ1) is 16.6. The summed E-state index contributed by atoms with van der Waals surface area (Å²) in [4.78, 5) is 50.2. The van der Waals surface area contributed by atoms with Gasteiger partial charge in [0.2, 0.25) is 11.7 Å². The maximum absolute atomic E-state index is 14.1. The van der Waals surface area contributed by atoms with Crippen LogP contribution in [0.25, 0.3) is 0 Å². The Balaban J connectivity index is 1.59. The maximum Gasteiger partial charge on any atom is 0.305 e. The van der Waals surface area contributed by atoms with Gasteiger partial charge in [-0.1, -0.05) is 5.16 Å². The summed E-state index contributed by atoms with van der Waals surface area (Å²) < 4.78 is 51.0. The van der Waals surface area contributed by atoms with Crippen molar-refractivity contribution in [1.82, 2.24) is 15.4 Å². The molecule has 0 unspecified atom stereocenters. The normalized spacial score (nSPS) is 14.9. The highest BCUT2D eigenvalue weighted by Gasteiger charge is 2.32. The Morgan fingerprint density at radius 3 is 2.51 bits per heavy atom. The van der Waals surface area contributed by atoms with Crippen LogP contribution in [-0.2, 0) is 14.4 Å². The van der Waals surface area contributed by atoms with Crippen LogP contribution in [0.5, 0.6) is 5.75 Å². The highest BCUT2D eigenvalue weighted by molar-refractivity contribution is 5.94. The zero-order valence-electron chi connectivity index (χ0n) is 18.6. The van der Waals surface area contributed by atoms with Crippen molar-refractivity contribution in [3.05, 3.63) is 47.1 Å². The SMILES string of the molecule is Cc1cc(F)c(F)c(OCC(=O)[C@H](CC(=O)O)NC(=O)C2CCN(C(=O)c3ccon3)CC2)c1F. The average molecular weight is 497 g/mol. The molecule has 10 nitrogen and oxygen atoms in total. The van der Waals surface area contributed by atoms with Gasteiger partial charge in [0, 0.05) is 25.1 Å². The van der Waals surface area contributed by atoms with E-state index in [1.54, 1.807) is 0 Å². The van der Waals surface area contributed by atoms with E-state index >= 15 is 0 Å². The summed E-state index contributed by atoms with van der Waals surface area (Å²) in [6.45, 7) is 0.619. The fourth-order valence-corrected chi connectivity index (χ4v) is 3.61. The maximum atomic E-state index is 14.1. The van der Waals surface area contributed by atoms with Crippen LogP contribution in [0, 0.1) is 30.3 Å². The van der Waals surface area contributed by atoms with Crippen molar-refractivity contribution in [2.24, 2.45) is 5.92 Å². The number of likely N-dealkylation sites (tertiary alicyclic amines) is 1. The lowest BCUT2D eigenvalue weighted by molar-refractivity contribution is -0.141. The number of aromatic nitrogens is 1. The number of aliphatic carboxylic acids is 1. The molecule has 3 rings (SSSR count). The van der Waals surface area contributed by atoms with Gasteiger partial charge in [0.05, 0.1) is 6.42 Å². The molecule has 0 radical (unpaired) electrons. The molecule has 1 fully saturated rings. The summed E-state index contributed by atoms with van der Waals surface area (Å²) in [5, 5.41) is 15.0. The van der Waals surface area contributed by atoms with Crippen molar-refractivity contribution < 1.29 is 46.7 Å². The number of carbonyl (C=O) groups excluding carboxylic acids is 3. The molecule has 35 heavy (non-hydrogen) atoms. The van der Waals surface area contributed by atoms with Crippen LogP contribution in [0.4, 0.5) is 13.2 Å². The van der Waals surface area contributed by atoms with Crippen molar-refractivity contribution in [2.75, 3.05) is 19.7 Å². The van der Waals surface area contributed by atoms with Crippen LogP contribution < -0.4 is 10.1 Å². The Bertz CT molecular complexity index is 1090. The first-order valence-electron chi connectivity index (χ1n) is 10.6. The molecule has 1 aliphatic rings. The van der Waals surface area contributed by atoms with Crippen LogP contribution >= 0.6 is 0 Å². The van der Waals surface area contributed by atoms with Gasteiger partial charge < -0.3 is 24.6 Å². The monoisotopic (exact) mass is 497 g/mol. The van der Waals surface area contributed by atoms with Crippen molar-refractivity contribution in [3.63, 3.8) is 0 Å². The van der Waals surface area contributed by atoms with Crippen LogP contribution in [0.1, 0.15) is 35.3 Å². The lowest BCUT2D eigenvalue weighted by Gasteiger charge is -2.31. The van der Waals surface area contributed by atoms with Crippen LogP contribution in [0.2, 0.25) is 0 Å². The molecular formula is C22H22F3N3O7. The number of halogens is 3.